The standard InChI is InChI=1S/C35H49N7O6/c1-5-47-17-16-38-35(46)28-12-9-13-30(20-28)48-23-29-22-42(41-40-29)21-26-10-8-11-27(19-26)34(45)37-15-7-6-14-31(32(36)43)39-33(44)25(4)18-24(2)3/h8-13,19-20,22,24-25,31H,5-7,14-18,21,23H2,1-4H3,(H2,36,43)(H,37,45)(H,38,46)(H,39,44)/t25-,31-/m0/s1. The molecule has 1 aromatic heterocycles. The first-order valence-corrected chi connectivity index (χ1v) is 16.5. The summed E-state index contributed by atoms with van der Waals surface area (Å²) in [5.74, 6) is -0.441. The van der Waals surface area contributed by atoms with Gasteiger partial charge >= 0.3 is 0 Å². The fourth-order valence-corrected chi connectivity index (χ4v) is 5.04. The molecule has 0 aliphatic carbocycles. The van der Waals surface area contributed by atoms with Crippen molar-refractivity contribution >= 4 is 23.6 Å². The molecule has 1 heterocycles. The minimum Gasteiger partial charge on any atom is -0.487 e. The number of carbonyl (C=O) groups is 4. The molecule has 0 unspecified atom stereocenters. The van der Waals surface area contributed by atoms with Gasteiger partial charge in [-0.25, -0.2) is 4.68 Å². The number of aromatic nitrogens is 3. The van der Waals surface area contributed by atoms with E-state index in [9.17, 15) is 19.2 Å². The average molecular weight is 664 g/mol. The number of hydrogen-bond donors (Lipinski definition) is 4. The molecular weight excluding hydrogens is 614 g/mol. The van der Waals surface area contributed by atoms with Crippen LogP contribution in [-0.4, -0.2) is 71.0 Å². The van der Waals surface area contributed by atoms with E-state index in [1.807, 2.05) is 39.8 Å². The van der Waals surface area contributed by atoms with Crippen LogP contribution in [0, 0.1) is 11.8 Å². The molecule has 3 aromatic rings. The summed E-state index contributed by atoms with van der Waals surface area (Å²) >= 11 is 0. The molecular formula is C35H49N7O6. The van der Waals surface area contributed by atoms with Gasteiger partial charge in [-0.2, -0.15) is 0 Å². The molecule has 0 aliphatic rings. The zero-order valence-corrected chi connectivity index (χ0v) is 28.4. The Kier molecular flexibility index (Phi) is 15.5. The lowest BCUT2D eigenvalue weighted by atomic mass is 9.97. The molecule has 0 bridgehead atoms. The summed E-state index contributed by atoms with van der Waals surface area (Å²) in [5.41, 5.74) is 7.99. The van der Waals surface area contributed by atoms with Crippen LogP contribution >= 0.6 is 0 Å². The van der Waals surface area contributed by atoms with Crippen molar-refractivity contribution < 1.29 is 28.7 Å². The molecule has 13 heteroatoms. The van der Waals surface area contributed by atoms with Gasteiger partial charge in [-0.15, -0.1) is 5.10 Å². The van der Waals surface area contributed by atoms with E-state index in [0.29, 0.717) is 80.6 Å². The van der Waals surface area contributed by atoms with Gasteiger partial charge in [0.05, 0.1) is 19.3 Å². The third-order valence-electron chi connectivity index (χ3n) is 7.48. The Hall–Kier alpha value is -4.78. The molecule has 0 radical (unpaired) electrons. The summed E-state index contributed by atoms with van der Waals surface area (Å²) in [6, 6.07) is 13.4. The molecule has 0 spiro atoms. The third-order valence-corrected chi connectivity index (χ3v) is 7.48. The monoisotopic (exact) mass is 663 g/mol. The highest BCUT2D eigenvalue weighted by molar-refractivity contribution is 5.95. The minimum atomic E-state index is -0.732. The molecule has 3 rings (SSSR count). The molecule has 5 N–H and O–H groups in total. The van der Waals surface area contributed by atoms with E-state index in [1.165, 1.54) is 0 Å². The van der Waals surface area contributed by atoms with Crippen LogP contribution in [0.15, 0.2) is 54.7 Å². The van der Waals surface area contributed by atoms with Crippen molar-refractivity contribution in [2.75, 3.05) is 26.3 Å². The van der Waals surface area contributed by atoms with E-state index >= 15 is 0 Å². The molecule has 2 aromatic carbocycles. The van der Waals surface area contributed by atoms with Crippen LogP contribution in [0.25, 0.3) is 0 Å². The maximum absolute atomic E-state index is 12.8. The lowest BCUT2D eigenvalue weighted by Crippen LogP contribution is -2.46. The molecule has 48 heavy (non-hydrogen) atoms. The van der Waals surface area contributed by atoms with Gasteiger partial charge < -0.3 is 31.2 Å². The minimum absolute atomic E-state index is 0.168. The lowest BCUT2D eigenvalue weighted by molar-refractivity contribution is -0.130. The zero-order valence-electron chi connectivity index (χ0n) is 28.4. The second-order valence-corrected chi connectivity index (χ2v) is 12.1. The third kappa shape index (κ3) is 13.1. The van der Waals surface area contributed by atoms with Crippen LogP contribution in [0.1, 0.15) is 85.4 Å². The van der Waals surface area contributed by atoms with Crippen molar-refractivity contribution in [3.63, 3.8) is 0 Å². The van der Waals surface area contributed by atoms with Crippen LogP contribution in [-0.2, 0) is 27.5 Å². The fourth-order valence-electron chi connectivity index (χ4n) is 5.04. The Morgan fingerprint density at radius 1 is 0.938 bits per heavy atom. The van der Waals surface area contributed by atoms with E-state index < -0.39 is 11.9 Å². The zero-order chi connectivity index (χ0) is 34.9. The van der Waals surface area contributed by atoms with Crippen LogP contribution in [0.3, 0.4) is 0 Å². The number of hydrogen-bond acceptors (Lipinski definition) is 8. The van der Waals surface area contributed by atoms with Crippen LogP contribution < -0.4 is 26.4 Å². The van der Waals surface area contributed by atoms with E-state index in [0.717, 1.165) is 12.0 Å². The molecule has 0 saturated carbocycles. The van der Waals surface area contributed by atoms with E-state index in [1.54, 1.807) is 47.3 Å². The van der Waals surface area contributed by atoms with Crippen molar-refractivity contribution in [2.45, 2.75) is 72.6 Å². The summed E-state index contributed by atoms with van der Waals surface area (Å²) in [7, 11) is 0. The number of benzene rings is 2. The van der Waals surface area contributed by atoms with Gasteiger partial charge in [-0.1, -0.05) is 44.2 Å². The molecule has 0 saturated heterocycles. The number of ether oxygens (including phenoxy) is 2. The summed E-state index contributed by atoms with van der Waals surface area (Å²) in [6.45, 7) is 10.3. The number of amides is 4. The van der Waals surface area contributed by atoms with Gasteiger partial charge in [-0.3, -0.25) is 19.2 Å². The van der Waals surface area contributed by atoms with E-state index in [2.05, 4.69) is 26.3 Å². The first-order valence-electron chi connectivity index (χ1n) is 16.5. The van der Waals surface area contributed by atoms with Crippen LogP contribution in [0.5, 0.6) is 5.75 Å². The van der Waals surface area contributed by atoms with Gasteiger partial charge in [0, 0.05) is 36.7 Å². The maximum atomic E-state index is 12.8. The highest BCUT2D eigenvalue weighted by atomic mass is 16.5. The largest absolute Gasteiger partial charge is 0.487 e. The summed E-state index contributed by atoms with van der Waals surface area (Å²) in [4.78, 5) is 49.5. The molecule has 0 aliphatic heterocycles. The fraction of sp³-hybridized carbons (Fsp3) is 0.486. The molecule has 4 amide bonds. The Balaban J connectivity index is 1.42. The molecule has 260 valence electrons. The molecule has 2 atom stereocenters. The lowest BCUT2D eigenvalue weighted by Gasteiger charge is -2.19. The van der Waals surface area contributed by atoms with Gasteiger partial charge in [-0.05, 0) is 74.4 Å². The van der Waals surface area contributed by atoms with Crippen molar-refractivity contribution in [1.29, 1.82) is 0 Å². The quantitative estimate of drug-likeness (QED) is 0.125. The number of nitrogens with one attached hydrogen (secondary N) is 3. The maximum Gasteiger partial charge on any atom is 0.251 e. The number of unbranched alkanes of at least 4 members (excludes halogenated alkanes) is 1. The molecule has 13 nitrogen and oxygen atoms in total. The summed E-state index contributed by atoms with van der Waals surface area (Å²) in [6.07, 6.45) is 4.15. The number of primary amides is 1. The average Bonchev–Trinajstić information content (AvgIpc) is 3.51. The Bertz CT molecular complexity index is 1490. The highest BCUT2D eigenvalue weighted by Crippen LogP contribution is 2.16. The number of rotatable bonds is 21. The first-order chi connectivity index (χ1) is 23.0. The second-order valence-electron chi connectivity index (χ2n) is 12.1. The van der Waals surface area contributed by atoms with Crippen molar-refractivity contribution in [1.82, 2.24) is 30.9 Å². The topological polar surface area (TPSA) is 180 Å². The SMILES string of the molecule is CCOCCNC(=O)c1cccc(OCc2cn(Cc3cccc(C(=O)NCCCC[C@H](NC(=O)[C@@H](C)CC(C)C)C(N)=O)c3)nn2)c1. The van der Waals surface area contributed by atoms with E-state index in [4.69, 9.17) is 15.2 Å². The highest BCUT2D eigenvalue weighted by Gasteiger charge is 2.22. The Labute approximate surface area is 282 Å². The van der Waals surface area contributed by atoms with Crippen LogP contribution in [0.4, 0.5) is 0 Å². The number of nitrogens with zero attached hydrogens (tertiary/aromatic N) is 3. The van der Waals surface area contributed by atoms with Gasteiger partial charge in [0.1, 0.15) is 24.1 Å². The number of carbonyl (C=O) groups excluding carboxylic acids is 4. The molecule has 0 fully saturated rings. The van der Waals surface area contributed by atoms with Crippen molar-refractivity contribution in [3.8, 4) is 5.75 Å². The van der Waals surface area contributed by atoms with Gasteiger partial charge in [0.15, 0.2) is 0 Å². The predicted molar refractivity (Wildman–Crippen MR) is 181 cm³/mol. The van der Waals surface area contributed by atoms with E-state index in [-0.39, 0.29) is 30.2 Å². The van der Waals surface area contributed by atoms with Crippen LogP contribution in [0.2, 0.25) is 0 Å². The smallest absolute Gasteiger partial charge is 0.251 e. The predicted octanol–water partition coefficient (Wildman–Crippen LogP) is 3.22. The normalized spacial score (nSPS) is 12.3. The second kappa shape index (κ2) is 19.8. The van der Waals surface area contributed by atoms with Crippen molar-refractivity contribution in [2.24, 2.45) is 17.6 Å². The first kappa shape index (κ1) is 37.7. The summed E-state index contributed by atoms with van der Waals surface area (Å²) < 4.78 is 12.8. The Morgan fingerprint density at radius 3 is 2.35 bits per heavy atom. The number of nitrogens with two attached hydrogens (primary N) is 1. The Morgan fingerprint density at radius 2 is 1.65 bits per heavy atom. The summed E-state index contributed by atoms with van der Waals surface area (Å²) in [5, 5.41) is 16.8. The van der Waals surface area contributed by atoms with Gasteiger partial charge in [0.25, 0.3) is 11.8 Å². The van der Waals surface area contributed by atoms with Crippen molar-refractivity contribution in [3.05, 3.63) is 77.1 Å². The van der Waals surface area contributed by atoms with Gasteiger partial charge in [0.2, 0.25) is 11.8 Å².